The number of ether oxygens (including phenoxy) is 2. The maximum Gasteiger partial charge on any atom is 0.338 e. The molecule has 0 bridgehead atoms. The van der Waals surface area contributed by atoms with Crippen LogP contribution >= 0.6 is 11.3 Å². The second-order valence-corrected chi connectivity index (χ2v) is 8.85. The number of aryl methyl sites for hydroxylation is 1. The smallest absolute Gasteiger partial charge is 0.338 e. The van der Waals surface area contributed by atoms with E-state index in [4.69, 9.17) is 9.47 Å². The summed E-state index contributed by atoms with van der Waals surface area (Å²) in [7, 11) is 0. The van der Waals surface area contributed by atoms with Crippen molar-refractivity contribution in [3.05, 3.63) is 96.2 Å². The Morgan fingerprint density at radius 3 is 2.50 bits per heavy atom. The quantitative estimate of drug-likeness (QED) is 0.417. The molecule has 0 aliphatic carbocycles. The number of thiazole rings is 1. The van der Waals surface area contributed by atoms with Crippen molar-refractivity contribution in [1.29, 1.82) is 0 Å². The van der Waals surface area contributed by atoms with Gasteiger partial charge in [-0.15, -0.1) is 0 Å². The van der Waals surface area contributed by atoms with E-state index in [-0.39, 0.29) is 12.2 Å². The predicted molar refractivity (Wildman–Crippen MR) is 129 cm³/mol. The molecule has 174 valence electrons. The van der Waals surface area contributed by atoms with Gasteiger partial charge in [0, 0.05) is 12.5 Å². The molecule has 1 aliphatic heterocycles. The second-order valence-electron chi connectivity index (χ2n) is 7.84. The summed E-state index contributed by atoms with van der Waals surface area (Å²) in [6.45, 7) is 7.01. The van der Waals surface area contributed by atoms with Gasteiger partial charge < -0.3 is 9.47 Å². The summed E-state index contributed by atoms with van der Waals surface area (Å²) >= 11 is 1.22. The van der Waals surface area contributed by atoms with Gasteiger partial charge in [0.05, 0.1) is 28.5 Å². The van der Waals surface area contributed by atoms with Crippen molar-refractivity contribution < 1.29 is 19.1 Å². The Labute approximate surface area is 200 Å². The minimum absolute atomic E-state index is 0.216. The monoisotopic (exact) mass is 476 g/mol. The molecule has 1 aliphatic rings. The van der Waals surface area contributed by atoms with Gasteiger partial charge in [-0.1, -0.05) is 59.4 Å². The maximum absolute atomic E-state index is 13.6. The number of allylic oxidation sites excluding steroid dienone is 1. The SMILES string of the molecule is CCOC(=O)C1=C(C)N=c2sc(=Cc3ccccc3OC(C)=O)c(=O)n2C1c1ccc(C)cc1. The van der Waals surface area contributed by atoms with Crippen LogP contribution in [0.1, 0.15) is 43.5 Å². The molecule has 0 saturated carbocycles. The second kappa shape index (κ2) is 9.61. The summed E-state index contributed by atoms with van der Waals surface area (Å²) in [6.07, 6.45) is 1.68. The maximum atomic E-state index is 13.6. The van der Waals surface area contributed by atoms with E-state index in [0.717, 1.165) is 11.1 Å². The summed E-state index contributed by atoms with van der Waals surface area (Å²) in [6, 6.07) is 14.0. The number of carbonyl (C=O) groups excluding carboxylic acids is 2. The van der Waals surface area contributed by atoms with Crippen LogP contribution in [0.3, 0.4) is 0 Å². The van der Waals surface area contributed by atoms with Gasteiger partial charge in [-0.2, -0.15) is 0 Å². The average molecular weight is 477 g/mol. The lowest BCUT2D eigenvalue weighted by Gasteiger charge is -2.24. The zero-order valence-corrected chi connectivity index (χ0v) is 20.1. The Morgan fingerprint density at radius 2 is 1.82 bits per heavy atom. The fourth-order valence-electron chi connectivity index (χ4n) is 3.84. The Bertz CT molecular complexity index is 1480. The molecule has 0 saturated heterocycles. The van der Waals surface area contributed by atoms with Gasteiger partial charge in [-0.25, -0.2) is 9.79 Å². The minimum atomic E-state index is -0.665. The lowest BCUT2D eigenvalue weighted by atomic mass is 9.95. The minimum Gasteiger partial charge on any atom is -0.463 e. The van der Waals surface area contributed by atoms with Crippen LogP contribution in [0.15, 0.2) is 69.6 Å². The Hall–Kier alpha value is -3.78. The van der Waals surface area contributed by atoms with E-state index in [0.29, 0.717) is 31.9 Å². The number of benzene rings is 2. The summed E-state index contributed by atoms with van der Waals surface area (Å²) < 4.78 is 12.5. The molecule has 1 atom stereocenters. The first-order valence-corrected chi connectivity index (χ1v) is 11.7. The molecule has 4 rings (SSSR count). The highest BCUT2D eigenvalue weighted by molar-refractivity contribution is 7.07. The van der Waals surface area contributed by atoms with Gasteiger partial charge in [-0.3, -0.25) is 14.2 Å². The average Bonchev–Trinajstić information content (AvgIpc) is 3.09. The van der Waals surface area contributed by atoms with Crippen molar-refractivity contribution in [2.75, 3.05) is 6.61 Å². The van der Waals surface area contributed by atoms with Crippen LogP contribution in [-0.4, -0.2) is 23.1 Å². The fraction of sp³-hybridized carbons (Fsp3) is 0.231. The number of hydrogen-bond acceptors (Lipinski definition) is 7. The summed E-state index contributed by atoms with van der Waals surface area (Å²) in [5, 5.41) is 0. The van der Waals surface area contributed by atoms with Gasteiger partial charge in [0.2, 0.25) is 0 Å². The van der Waals surface area contributed by atoms with Crippen LogP contribution in [0.2, 0.25) is 0 Å². The van der Waals surface area contributed by atoms with Crippen molar-refractivity contribution in [3.63, 3.8) is 0 Å². The molecule has 0 amide bonds. The molecule has 0 radical (unpaired) electrons. The van der Waals surface area contributed by atoms with Gasteiger partial charge in [0.1, 0.15) is 5.75 Å². The molecule has 3 aromatic rings. The molecule has 7 nitrogen and oxygen atoms in total. The van der Waals surface area contributed by atoms with Crippen molar-refractivity contribution in [1.82, 2.24) is 4.57 Å². The topological polar surface area (TPSA) is 87.0 Å². The van der Waals surface area contributed by atoms with E-state index in [1.165, 1.54) is 22.8 Å². The van der Waals surface area contributed by atoms with E-state index in [9.17, 15) is 14.4 Å². The van der Waals surface area contributed by atoms with Crippen LogP contribution < -0.4 is 19.6 Å². The standard InChI is InChI=1S/C26H24N2O5S/c1-5-32-25(31)22-16(3)27-26-28(23(22)18-12-10-15(2)11-13-18)24(30)21(34-26)14-19-8-6-7-9-20(19)33-17(4)29/h6-14,23H,5H2,1-4H3. The molecule has 2 heterocycles. The molecule has 2 aromatic carbocycles. The van der Waals surface area contributed by atoms with E-state index in [1.54, 1.807) is 44.2 Å². The highest BCUT2D eigenvalue weighted by Crippen LogP contribution is 2.30. The molecule has 1 unspecified atom stereocenters. The van der Waals surface area contributed by atoms with E-state index >= 15 is 0 Å². The first-order valence-electron chi connectivity index (χ1n) is 10.8. The number of esters is 2. The van der Waals surface area contributed by atoms with Crippen LogP contribution in [0.25, 0.3) is 6.08 Å². The third kappa shape index (κ3) is 4.49. The van der Waals surface area contributed by atoms with E-state index in [2.05, 4.69) is 4.99 Å². The van der Waals surface area contributed by atoms with Crippen molar-refractivity contribution in [2.24, 2.45) is 4.99 Å². The van der Waals surface area contributed by atoms with Crippen LogP contribution in [0, 0.1) is 6.92 Å². The Morgan fingerprint density at radius 1 is 1.12 bits per heavy atom. The van der Waals surface area contributed by atoms with E-state index < -0.39 is 18.0 Å². The van der Waals surface area contributed by atoms with E-state index in [1.807, 2.05) is 31.2 Å². The number of hydrogen-bond donors (Lipinski definition) is 0. The lowest BCUT2D eigenvalue weighted by Crippen LogP contribution is -2.39. The van der Waals surface area contributed by atoms with Gasteiger partial charge in [0.25, 0.3) is 5.56 Å². The molecular formula is C26H24N2O5S. The number of para-hydroxylation sites is 1. The zero-order chi connectivity index (χ0) is 24.4. The number of aromatic nitrogens is 1. The third-order valence-electron chi connectivity index (χ3n) is 5.37. The fourth-order valence-corrected chi connectivity index (χ4v) is 4.88. The van der Waals surface area contributed by atoms with Crippen LogP contribution in [0.5, 0.6) is 5.75 Å². The predicted octanol–water partition coefficient (Wildman–Crippen LogP) is 3.03. The first-order chi connectivity index (χ1) is 16.3. The first kappa shape index (κ1) is 23.4. The molecule has 34 heavy (non-hydrogen) atoms. The van der Waals surface area contributed by atoms with Gasteiger partial charge in [0.15, 0.2) is 4.80 Å². The van der Waals surface area contributed by atoms with Gasteiger partial charge >= 0.3 is 11.9 Å². The van der Waals surface area contributed by atoms with Crippen LogP contribution in [-0.2, 0) is 14.3 Å². The van der Waals surface area contributed by atoms with Crippen molar-refractivity contribution in [2.45, 2.75) is 33.7 Å². The molecule has 1 aromatic heterocycles. The van der Waals surface area contributed by atoms with Crippen LogP contribution in [0.4, 0.5) is 0 Å². The summed E-state index contributed by atoms with van der Waals surface area (Å²) in [5.41, 5.74) is 3.01. The Balaban J connectivity index is 1.94. The highest BCUT2D eigenvalue weighted by Gasteiger charge is 2.33. The number of nitrogens with zero attached hydrogens (tertiary/aromatic N) is 2. The molecule has 8 heteroatoms. The zero-order valence-electron chi connectivity index (χ0n) is 19.3. The largest absolute Gasteiger partial charge is 0.463 e. The molecule has 0 spiro atoms. The lowest BCUT2D eigenvalue weighted by molar-refractivity contribution is -0.139. The van der Waals surface area contributed by atoms with Crippen molar-refractivity contribution in [3.8, 4) is 5.75 Å². The van der Waals surface area contributed by atoms with Crippen molar-refractivity contribution >= 4 is 29.4 Å². The molecule has 0 N–H and O–H groups in total. The summed E-state index contributed by atoms with van der Waals surface area (Å²) in [5.74, 6) is -0.584. The molecule has 0 fully saturated rings. The third-order valence-corrected chi connectivity index (χ3v) is 6.35. The number of carbonyl (C=O) groups is 2. The number of fused-ring (bicyclic) bond motifs is 1. The molecular weight excluding hydrogens is 452 g/mol. The Kier molecular flexibility index (Phi) is 6.61. The normalized spacial score (nSPS) is 15.5. The number of rotatable bonds is 5. The summed E-state index contributed by atoms with van der Waals surface area (Å²) in [4.78, 5) is 43.1. The highest BCUT2D eigenvalue weighted by atomic mass is 32.1. The van der Waals surface area contributed by atoms with Gasteiger partial charge in [-0.05, 0) is 38.5 Å².